The van der Waals surface area contributed by atoms with Gasteiger partial charge in [0.1, 0.15) is 0 Å². The van der Waals surface area contributed by atoms with Gasteiger partial charge in [0.2, 0.25) is 5.91 Å². The predicted molar refractivity (Wildman–Crippen MR) is 40.6 cm³/mol. The molecule has 2 atom stereocenters. The van der Waals surface area contributed by atoms with E-state index >= 15 is 0 Å². The number of hydrogen-bond donors (Lipinski definition) is 3. The zero-order chi connectivity index (χ0) is 7.68. The fraction of sp³-hybridized carbons (Fsp3) is 0.857. The summed E-state index contributed by atoms with van der Waals surface area (Å²) in [5, 5.41) is 3.23. The number of amides is 1. The molecule has 2 fully saturated rings. The number of fused-ring (bicyclic) bond motifs is 1. The molecule has 0 spiro atoms. The van der Waals surface area contributed by atoms with Gasteiger partial charge in [-0.25, -0.2) is 5.43 Å². The molecule has 0 aromatic rings. The molecule has 0 saturated carbocycles. The first-order chi connectivity index (χ1) is 5.38. The summed E-state index contributed by atoms with van der Waals surface area (Å²) in [4.78, 5) is 11.2. The fourth-order valence-corrected chi connectivity index (χ4v) is 1.83. The Balaban J connectivity index is 2.05. The SMILES string of the molecule is O=C1NNCC2CCNCC12. The van der Waals surface area contributed by atoms with Gasteiger partial charge >= 0.3 is 0 Å². The van der Waals surface area contributed by atoms with E-state index in [1.165, 1.54) is 0 Å². The van der Waals surface area contributed by atoms with Crippen LogP contribution in [0.5, 0.6) is 0 Å². The van der Waals surface area contributed by atoms with Gasteiger partial charge in [0.25, 0.3) is 0 Å². The van der Waals surface area contributed by atoms with Crippen molar-refractivity contribution in [3.63, 3.8) is 0 Å². The minimum Gasteiger partial charge on any atom is -0.316 e. The van der Waals surface area contributed by atoms with Gasteiger partial charge in [-0.3, -0.25) is 10.2 Å². The molecule has 2 heterocycles. The Morgan fingerprint density at radius 2 is 2.27 bits per heavy atom. The molecule has 2 rings (SSSR count). The van der Waals surface area contributed by atoms with Gasteiger partial charge in [-0.05, 0) is 18.9 Å². The molecule has 0 radical (unpaired) electrons. The second kappa shape index (κ2) is 2.79. The van der Waals surface area contributed by atoms with Crippen molar-refractivity contribution in [3.05, 3.63) is 0 Å². The standard InChI is InChI=1S/C7H13N3O/c11-7-6-4-8-2-1-5(6)3-9-10-7/h5-6,8-9H,1-4H2,(H,10,11). The second-order valence-electron chi connectivity index (χ2n) is 3.23. The summed E-state index contributed by atoms with van der Waals surface area (Å²) in [5.74, 6) is 0.892. The molecule has 2 aliphatic heterocycles. The van der Waals surface area contributed by atoms with E-state index in [1.807, 2.05) is 0 Å². The van der Waals surface area contributed by atoms with E-state index in [1.54, 1.807) is 0 Å². The highest BCUT2D eigenvalue weighted by Crippen LogP contribution is 2.20. The van der Waals surface area contributed by atoms with Crippen LogP contribution < -0.4 is 16.2 Å². The molecule has 0 bridgehead atoms. The third-order valence-electron chi connectivity index (χ3n) is 2.54. The Kier molecular flexibility index (Phi) is 1.79. The Morgan fingerprint density at radius 1 is 1.36 bits per heavy atom. The van der Waals surface area contributed by atoms with Crippen LogP contribution in [0.4, 0.5) is 0 Å². The van der Waals surface area contributed by atoms with E-state index in [2.05, 4.69) is 16.2 Å². The van der Waals surface area contributed by atoms with Crippen molar-refractivity contribution in [2.45, 2.75) is 6.42 Å². The molecule has 2 unspecified atom stereocenters. The van der Waals surface area contributed by atoms with Crippen molar-refractivity contribution in [1.82, 2.24) is 16.2 Å². The zero-order valence-corrected chi connectivity index (χ0v) is 6.39. The van der Waals surface area contributed by atoms with Crippen molar-refractivity contribution < 1.29 is 4.79 Å². The number of carbonyl (C=O) groups is 1. The van der Waals surface area contributed by atoms with Crippen LogP contribution in [0.2, 0.25) is 0 Å². The molecule has 2 aliphatic rings. The predicted octanol–water partition coefficient (Wildman–Crippen LogP) is -1.15. The van der Waals surface area contributed by atoms with E-state index in [0.29, 0.717) is 5.92 Å². The van der Waals surface area contributed by atoms with Gasteiger partial charge in [0.15, 0.2) is 0 Å². The summed E-state index contributed by atoms with van der Waals surface area (Å²) in [6, 6.07) is 0. The highest BCUT2D eigenvalue weighted by molar-refractivity contribution is 5.79. The average Bonchev–Trinajstić information content (AvgIpc) is 2.06. The summed E-state index contributed by atoms with van der Waals surface area (Å²) in [6.45, 7) is 2.83. The monoisotopic (exact) mass is 155 g/mol. The lowest BCUT2D eigenvalue weighted by molar-refractivity contribution is -0.130. The summed E-state index contributed by atoms with van der Waals surface area (Å²) < 4.78 is 0. The Hall–Kier alpha value is -0.610. The van der Waals surface area contributed by atoms with Gasteiger partial charge < -0.3 is 5.32 Å². The van der Waals surface area contributed by atoms with Crippen molar-refractivity contribution >= 4 is 5.91 Å². The molecule has 2 saturated heterocycles. The minimum atomic E-state index is 0.147. The minimum absolute atomic E-state index is 0.147. The second-order valence-corrected chi connectivity index (χ2v) is 3.23. The van der Waals surface area contributed by atoms with E-state index < -0.39 is 0 Å². The topological polar surface area (TPSA) is 53.2 Å². The van der Waals surface area contributed by atoms with Crippen LogP contribution in [0.1, 0.15) is 6.42 Å². The first kappa shape index (κ1) is 7.06. The maximum Gasteiger partial charge on any atom is 0.238 e. The molecule has 0 aliphatic carbocycles. The first-order valence-electron chi connectivity index (χ1n) is 4.11. The summed E-state index contributed by atoms with van der Waals surface area (Å²) in [7, 11) is 0. The lowest BCUT2D eigenvalue weighted by Crippen LogP contribution is -2.57. The average molecular weight is 155 g/mol. The van der Waals surface area contributed by atoms with Crippen molar-refractivity contribution in [1.29, 1.82) is 0 Å². The summed E-state index contributed by atoms with van der Waals surface area (Å²) in [6.07, 6.45) is 1.12. The van der Waals surface area contributed by atoms with Gasteiger partial charge in [0, 0.05) is 13.1 Å². The van der Waals surface area contributed by atoms with Crippen LogP contribution in [-0.4, -0.2) is 25.5 Å². The van der Waals surface area contributed by atoms with Crippen molar-refractivity contribution in [3.8, 4) is 0 Å². The van der Waals surface area contributed by atoms with Crippen LogP contribution in [0.15, 0.2) is 0 Å². The molecule has 1 amide bonds. The molecule has 11 heavy (non-hydrogen) atoms. The number of piperidine rings is 1. The molecular formula is C7H13N3O. The van der Waals surface area contributed by atoms with E-state index in [9.17, 15) is 4.79 Å². The van der Waals surface area contributed by atoms with Crippen molar-refractivity contribution in [2.75, 3.05) is 19.6 Å². The van der Waals surface area contributed by atoms with Gasteiger partial charge in [-0.2, -0.15) is 0 Å². The fourth-order valence-electron chi connectivity index (χ4n) is 1.83. The van der Waals surface area contributed by atoms with Gasteiger partial charge in [-0.15, -0.1) is 0 Å². The summed E-state index contributed by atoms with van der Waals surface area (Å²) in [5.41, 5.74) is 5.56. The molecule has 4 nitrogen and oxygen atoms in total. The number of rotatable bonds is 0. The van der Waals surface area contributed by atoms with Crippen LogP contribution in [0.25, 0.3) is 0 Å². The normalized spacial score (nSPS) is 37.6. The van der Waals surface area contributed by atoms with E-state index in [4.69, 9.17) is 0 Å². The molecule has 0 aromatic heterocycles. The Bertz CT molecular complexity index is 169. The molecule has 0 aromatic carbocycles. The van der Waals surface area contributed by atoms with Gasteiger partial charge in [-0.1, -0.05) is 0 Å². The maximum atomic E-state index is 11.2. The highest BCUT2D eigenvalue weighted by atomic mass is 16.2. The van der Waals surface area contributed by atoms with Crippen LogP contribution >= 0.6 is 0 Å². The molecule has 62 valence electrons. The third-order valence-corrected chi connectivity index (χ3v) is 2.54. The lowest BCUT2D eigenvalue weighted by Gasteiger charge is -2.35. The molecule has 3 N–H and O–H groups in total. The number of carbonyl (C=O) groups excluding carboxylic acids is 1. The zero-order valence-electron chi connectivity index (χ0n) is 6.39. The number of hydrogen-bond acceptors (Lipinski definition) is 3. The first-order valence-corrected chi connectivity index (χ1v) is 4.11. The van der Waals surface area contributed by atoms with Crippen molar-refractivity contribution in [2.24, 2.45) is 11.8 Å². The Morgan fingerprint density at radius 3 is 3.09 bits per heavy atom. The third kappa shape index (κ3) is 1.23. The Labute approximate surface area is 65.7 Å². The summed E-state index contributed by atoms with van der Waals surface area (Å²) >= 11 is 0. The van der Waals surface area contributed by atoms with Crippen LogP contribution in [0, 0.1) is 11.8 Å². The van der Waals surface area contributed by atoms with Crippen LogP contribution in [0.3, 0.4) is 0 Å². The maximum absolute atomic E-state index is 11.2. The molecular weight excluding hydrogens is 142 g/mol. The molecule has 4 heteroatoms. The van der Waals surface area contributed by atoms with Gasteiger partial charge in [0.05, 0.1) is 5.92 Å². The van der Waals surface area contributed by atoms with E-state index in [0.717, 1.165) is 26.1 Å². The number of hydrazine groups is 1. The van der Waals surface area contributed by atoms with Crippen LogP contribution in [-0.2, 0) is 4.79 Å². The number of nitrogens with one attached hydrogen (secondary N) is 3. The van der Waals surface area contributed by atoms with E-state index in [-0.39, 0.29) is 11.8 Å². The lowest BCUT2D eigenvalue weighted by atomic mass is 9.85. The quantitative estimate of drug-likeness (QED) is 0.414. The highest BCUT2D eigenvalue weighted by Gasteiger charge is 2.33. The largest absolute Gasteiger partial charge is 0.316 e. The smallest absolute Gasteiger partial charge is 0.238 e.